The molecule has 0 radical (unpaired) electrons. The van der Waals surface area contributed by atoms with Gasteiger partial charge in [0.05, 0.1) is 11.5 Å². The molecular formula is C15H20O4. The van der Waals surface area contributed by atoms with E-state index in [0.29, 0.717) is 6.42 Å². The number of fused-ring (bicyclic) bond motifs is 3. The van der Waals surface area contributed by atoms with E-state index in [0.717, 1.165) is 6.42 Å². The minimum Gasteiger partial charge on any atom is -0.461 e. The summed E-state index contributed by atoms with van der Waals surface area (Å²) in [7, 11) is 0. The smallest absolute Gasteiger partial charge is 0.309 e. The number of rotatable bonds is 0. The van der Waals surface area contributed by atoms with Crippen LogP contribution in [0.15, 0.2) is 12.2 Å². The summed E-state index contributed by atoms with van der Waals surface area (Å²) in [5.74, 6) is -0.511. The third kappa shape index (κ3) is 1.55. The lowest BCUT2D eigenvalue weighted by Crippen LogP contribution is -2.59. The van der Waals surface area contributed by atoms with Crippen LogP contribution in [-0.4, -0.2) is 28.6 Å². The quantitative estimate of drug-likeness (QED) is 0.673. The summed E-state index contributed by atoms with van der Waals surface area (Å²) in [6.07, 6.45) is 4.21. The van der Waals surface area contributed by atoms with Gasteiger partial charge in [-0.2, -0.15) is 0 Å². The molecule has 3 rings (SSSR count). The number of ether oxygens (including phenoxy) is 1. The van der Waals surface area contributed by atoms with Gasteiger partial charge in [-0.25, -0.2) is 0 Å². The molecule has 0 unspecified atom stereocenters. The molecule has 104 valence electrons. The molecule has 6 atom stereocenters. The van der Waals surface area contributed by atoms with Crippen LogP contribution in [0.1, 0.15) is 33.6 Å². The molecule has 0 aromatic heterocycles. The van der Waals surface area contributed by atoms with Crippen molar-refractivity contribution >= 4 is 11.8 Å². The second-order valence-corrected chi connectivity index (χ2v) is 6.71. The van der Waals surface area contributed by atoms with Crippen molar-refractivity contribution in [3.05, 3.63) is 12.2 Å². The first-order valence-electron chi connectivity index (χ1n) is 6.94. The van der Waals surface area contributed by atoms with Gasteiger partial charge >= 0.3 is 5.97 Å². The number of esters is 1. The lowest BCUT2D eigenvalue weighted by Gasteiger charge is -2.52. The van der Waals surface area contributed by atoms with E-state index in [1.807, 2.05) is 13.8 Å². The highest BCUT2D eigenvalue weighted by molar-refractivity contribution is 5.96. The number of allylic oxidation sites excluding steroid dienone is 1. The highest BCUT2D eigenvalue weighted by Crippen LogP contribution is 2.56. The number of hydrogen-bond acceptors (Lipinski definition) is 4. The van der Waals surface area contributed by atoms with Crippen molar-refractivity contribution in [2.75, 3.05) is 0 Å². The molecular weight excluding hydrogens is 244 g/mol. The van der Waals surface area contributed by atoms with Crippen LogP contribution in [-0.2, 0) is 14.3 Å². The molecule has 0 aromatic carbocycles. The minimum atomic E-state index is -1.10. The van der Waals surface area contributed by atoms with Gasteiger partial charge in [0.2, 0.25) is 0 Å². The normalized spacial score (nSPS) is 52.6. The molecule has 1 saturated carbocycles. The summed E-state index contributed by atoms with van der Waals surface area (Å²) >= 11 is 0. The van der Waals surface area contributed by atoms with Crippen molar-refractivity contribution in [3.63, 3.8) is 0 Å². The molecule has 0 aromatic rings. The molecule has 2 aliphatic carbocycles. The monoisotopic (exact) mass is 264 g/mol. The Balaban J connectivity index is 2.07. The average molecular weight is 264 g/mol. The first-order valence-corrected chi connectivity index (χ1v) is 6.94. The standard InChI is InChI=1S/C15H20O4/c1-8-9-4-6-14(2)10(16)5-7-15(3,18)12(14)11(9)19-13(8)17/h5,7-9,11-12,18H,4,6H2,1-3H3/t8-,9-,11+,12-,14+,15-/m1/s1. The summed E-state index contributed by atoms with van der Waals surface area (Å²) < 4.78 is 5.51. The zero-order valence-electron chi connectivity index (χ0n) is 11.6. The predicted molar refractivity (Wildman–Crippen MR) is 68.1 cm³/mol. The first kappa shape index (κ1) is 12.9. The third-order valence-corrected chi connectivity index (χ3v) is 5.46. The van der Waals surface area contributed by atoms with E-state index >= 15 is 0 Å². The van der Waals surface area contributed by atoms with Crippen LogP contribution in [0, 0.1) is 23.2 Å². The van der Waals surface area contributed by atoms with Crippen LogP contribution in [0.2, 0.25) is 0 Å². The Morgan fingerprint density at radius 1 is 1.37 bits per heavy atom. The van der Waals surface area contributed by atoms with Crippen molar-refractivity contribution < 1.29 is 19.4 Å². The van der Waals surface area contributed by atoms with Crippen LogP contribution < -0.4 is 0 Å². The largest absolute Gasteiger partial charge is 0.461 e. The molecule has 19 heavy (non-hydrogen) atoms. The van der Waals surface area contributed by atoms with Gasteiger partial charge in [0.15, 0.2) is 5.78 Å². The molecule has 0 amide bonds. The SMILES string of the molecule is C[C@H]1C(=O)O[C@H]2[C@@H]1CC[C@@]1(C)C(=O)C=C[C@@](C)(O)[C@H]21. The summed E-state index contributed by atoms with van der Waals surface area (Å²) in [5, 5.41) is 10.6. The van der Waals surface area contributed by atoms with Gasteiger partial charge in [0, 0.05) is 17.3 Å². The molecule has 1 heterocycles. The van der Waals surface area contributed by atoms with Crippen LogP contribution in [0.4, 0.5) is 0 Å². The molecule has 1 N–H and O–H groups in total. The van der Waals surface area contributed by atoms with Crippen molar-refractivity contribution in [2.45, 2.75) is 45.3 Å². The van der Waals surface area contributed by atoms with E-state index in [4.69, 9.17) is 4.74 Å². The molecule has 0 spiro atoms. The molecule has 4 heteroatoms. The highest BCUT2D eigenvalue weighted by Gasteiger charge is 2.62. The second-order valence-electron chi connectivity index (χ2n) is 6.71. The van der Waals surface area contributed by atoms with Gasteiger partial charge < -0.3 is 9.84 Å². The van der Waals surface area contributed by atoms with E-state index in [1.165, 1.54) is 6.08 Å². The fourth-order valence-electron chi connectivity index (χ4n) is 4.29. The lowest BCUT2D eigenvalue weighted by atomic mass is 9.53. The Morgan fingerprint density at radius 3 is 2.74 bits per heavy atom. The van der Waals surface area contributed by atoms with Crippen LogP contribution in [0.25, 0.3) is 0 Å². The van der Waals surface area contributed by atoms with Crippen molar-refractivity contribution in [3.8, 4) is 0 Å². The fourth-order valence-corrected chi connectivity index (χ4v) is 4.29. The first-order chi connectivity index (χ1) is 8.77. The van der Waals surface area contributed by atoms with Gasteiger partial charge in [-0.1, -0.05) is 13.8 Å². The van der Waals surface area contributed by atoms with Crippen molar-refractivity contribution in [2.24, 2.45) is 23.2 Å². The number of aliphatic hydroxyl groups is 1. The molecule has 1 saturated heterocycles. The number of carbonyl (C=O) groups excluding carboxylic acids is 2. The third-order valence-electron chi connectivity index (χ3n) is 5.46. The van der Waals surface area contributed by atoms with Crippen LogP contribution in [0.5, 0.6) is 0 Å². The lowest BCUT2D eigenvalue weighted by molar-refractivity contribution is -0.167. The van der Waals surface area contributed by atoms with Gasteiger partial charge in [-0.3, -0.25) is 9.59 Å². The Morgan fingerprint density at radius 2 is 2.05 bits per heavy atom. The number of ketones is 1. The maximum Gasteiger partial charge on any atom is 0.309 e. The average Bonchev–Trinajstić information content (AvgIpc) is 2.60. The Hall–Kier alpha value is -1.16. The van der Waals surface area contributed by atoms with E-state index in [-0.39, 0.29) is 35.6 Å². The molecule has 3 aliphatic rings. The van der Waals surface area contributed by atoms with Gasteiger partial charge in [0.1, 0.15) is 6.10 Å². The molecule has 2 fully saturated rings. The van der Waals surface area contributed by atoms with Crippen LogP contribution in [0.3, 0.4) is 0 Å². The fraction of sp³-hybridized carbons (Fsp3) is 0.733. The number of carbonyl (C=O) groups is 2. The van der Waals surface area contributed by atoms with E-state index < -0.39 is 11.0 Å². The van der Waals surface area contributed by atoms with Gasteiger partial charge in [0.25, 0.3) is 0 Å². The Bertz CT molecular complexity index is 479. The number of hydrogen-bond donors (Lipinski definition) is 1. The molecule has 4 nitrogen and oxygen atoms in total. The molecule has 0 bridgehead atoms. The van der Waals surface area contributed by atoms with E-state index in [2.05, 4.69) is 0 Å². The highest BCUT2D eigenvalue weighted by atomic mass is 16.6. The molecule has 1 aliphatic heterocycles. The summed E-state index contributed by atoms with van der Waals surface area (Å²) in [4.78, 5) is 24.1. The summed E-state index contributed by atoms with van der Waals surface area (Å²) in [5.41, 5.74) is -1.72. The zero-order chi connectivity index (χ0) is 14.0. The second kappa shape index (κ2) is 3.69. The minimum absolute atomic E-state index is 0.0399. The van der Waals surface area contributed by atoms with Gasteiger partial charge in [-0.15, -0.1) is 0 Å². The maximum absolute atomic E-state index is 12.3. The van der Waals surface area contributed by atoms with Crippen molar-refractivity contribution in [1.82, 2.24) is 0 Å². The topological polar surface area (TPSA) is 63.6 Å². The Labute approximate surface area is 112 Å². The summed E-state index contributed by atoms with van der Waals surface area (Å²) in [6.45, 7) is 5.48. The van der Waals surface area contributed by atoms with E-state index in [9.17, 15) is 14.7 Å². The maximum atomic E-state index is 12.3. The Kier molecular flexibility index (Phi) is 2.50. The van der Waals surface area contributed by atoms with Crippen molar-refractivity contribution in [1.29, 1.82) is 0 Å². The predicted octanol–water partition coefficient (Wildman–Crippen LogP) is 1.47. The van der Waals surface area contributed by atoms with Gasteiger partial charge in [-0.05, 0) is 31.9 Å². The van der Waals surface area contributed by atoms with E-state index in [1.54, 1.807) is 13.0 Å². The summed E-state index contributed by atoms with van der Waals surface area (Å²) in [6, 6.07) is 0. The zero-order valence-corrected chi connectivity index (χ0v) is 11.6. The van der Waals surface area contributed by atoms with Crippen LogP contribution >= 0.6 is 0 Å².